The molecule has 104 valence electrons. The molecule has 0 saturated carbocycles. The number of aryl methyl sites for hydroxylation is 1. The first kappa shape index (κ1) is 14.6. The Kier molecular flexibility index (Phi) is 4.47. The number of ether oxygens (including phenoxy) is 1. The molecule has 0 heterocycles. The van der Waals surface area contributed by atoms with E-state index in [2.05, 4.69) is 0 Å². The van der Waals surface area contributed by atoms with Crippen LogP contribution in [0, 0.1) is 17.0 Å². The molecular weight excluding hydrogens is 301 g/mol. The number of halogens is 2. The molecule has 0 saturated heterocycles. The zero-order valence-electron chi connectivity index (χ0n) is 10.6. The van der Waals surface area contributed by atoms with Crippen LogP contribution < -0.4 is 4.74 Å². The summed E-state index contributed by atoms with van der Waals surface area (Å²) in [6, 6.07) is 9.74. The fraction of sp³-hybridized carbons (Fsp3) is 0.143. The van der Waals surface area contributed by atoms with E-state index in [-0.39, 0.29) is 5.69 Å². The van der Waals surface area contributed by atoms with E-state index in [9.17, 15) is 10.1 Å². The Morgan fingerprint density at radius 2 is 2.00 bits per heavy atom. The first-order valence-electron chi connectivity index (χ1n) is 5.78. The highest BCUT2D eigenvalue weighted by atomic mass is 35.5. The second kappa shape index (κ2) is 6.11. The lowest BCUT2D eigenvalue weighted by molar-refractivity contribution is -0.385. The number of hydrogen-bond acceptors (Lipinski definition) is 3. The minimum atomic E-state index is -0.428. The number of nitro benzene ring substituents is 1. The largest absolute Gasteiger partial charge is 0.457 e. The van der Waals surface area contributed by atoms with Crippen LogP contribution in [0.5, 0.6) is 11.5 Å². The molecular formula is C14H11Cl2NO3. The van der Waals surface area contributed by atoms with Crippen LogP contribution in [0.2, 0.25) is 5.02 Å². The van der Waals surface area contributed by atoms with Gasteiger partial charge < -0.3 is 4.74 Å². The van der Waals surface area contributed by atoms with Crippen LogP contribution in [-0.2, 0) is 5.88 Å². The number of rotatable bonds is 4. The number of nitro groups is 1. The van der Waals surface area contributed by atoms with Crippen molar-refractivity contribution in [3.8, 4) is 11.5 Å². The van der Waals surface area contributed by atoms with Gasteiger partial charge in [-0.15, -0.1) is 11.6 Å². The Morgan fingerprint density at radius 1 is 1.25 bits per heavy atom. The molecule has 2 rings (SSSR count). The first-order valence-corrected chi connectivity index (χ1v) is 6.70. The zero-order valence-corrected chi connectivity index (χ0v) is 12.1. The smallest absolute Gasteiger partial charge is 0.272 e. The molecule has 0 fully saturated rings. The van der Waals surface area contributed by atoms with Gasteiger partial charge in [0.05, 0.1) is 10.8 Å². The standard InChI is InChI=1S/C14H11Cl2NO3/c1-9-6-12(4-5-13(9)17(18)19)20-14-7-11(16)3-2-10(14)8-15/h2-7H,8H2,1H3. The van der Waals surface area contributed by atoms with Gasteiger partial charge >= 0.3 is 0 Å². The van der Waals surface area contributed by atoms with Crippen molar-refractivity contribution in [2.45, 2.75) is 12.8 Å². The van der Waals surface area contributed by atoms with E-state index in [0.717, 1.165) is 5.56 Å². The van der Waals surface area contributed by atoms with Gasteiger partial charge in [0.2, 0.25) is 0 Å². The second-order valence-electron chi connectivity index (χ2n) is 4.19. The predicted molar refractivity (Wildman–Crippen MR) is 78.9 cm³/mol. The lowest BCUT2D eigenvalue weighted by Gasteiger charge is -2.10. The van der Waals surface area contributed by atoms with Crippen molar-refractivity contribution in [1.29, 1.82) is 0 Å². The number of hydrogen-bond donors (Lipinski definition) is 0. The molecule has 0 unspecified atom stereocenters. The Morgan fingerprint density at radius 3 is 2.60 bits per heavy atom. The molecule has 0 aliphatic carbocycles. The molecule has 0 aliphatic heterocycles. The molecule has 0 amide bonds. The number of nitrogens with zero attached hydrogens (tertiary/aromatic N) is 1. The van der Waals surface area contributed by atoms with E-state index in [0.29, 0.717) is 28.0 Å². The average Bonchev–Trinajstić information content (AvgIpc) is 2.38. The van der Waals surface area contributed by atoms with Gasteiger partial charge in [0.1, 0.15) is 11.5 Å². The summed E-state index contributed by atoms with van der Waals surface area (Å²) >= 11 is 11.8. The highest BCUT2D eigenvalue weighted by molar-refractivity contribution is 6.30. The van der Waals surface area contributed by atoms with Crippen LogP contribution in [0.25, 0.3) is 0 Å². The summed E-state index contributed by atoms with van der Waals surface area (Å²) in [5.41, 5.74) is 1.38. The maximum atomic E-state index is 10.8. The molecule has 4 nitrogen and oxygen atoms in total. The van der Waals surface area contributed by atoms with Crippen molar-refractivity contribution in [3.05, 3.63) is 62.7 Å². The summed E-state index contributed by atoms with van der Waals surface area (Å²) in [6.45, 7) is 1.66. The molecule has 6 heteroatoms. The first-order chi connectivity index (χ1) is 9.51. The summed E-state index contributed by atoms with van der Waals surface area (Å²) in [5, 5.41) is 11.3. The molecule has 0 aliphatic rings. The summed E-state index contributed by atoms with van der Waals surface area (Å²) in [6.07, 6.45) is 0. The summed E-state index contributed by atoms with van der Waals surface area (Å²) < 4.78 is 5.71. The molecule has 0 atom stereocenters. The Hall–Kier alpha value is -1.78. The van der Waals surface area contributed by atoms with Crippen molar-refractivity contribution < 1.29 is 9.66 Å². The van der Waals surface area contributed by atoms with Crippen LogP contribution in [0.15, 0.2) is 36.4 Å². The van der Waals surface area contributed by atoms with Gasteiger partial charge in [0, 0.05) is 22.2 Å². The van der Waals surface area contributed by atoms with Gasteiger partial charge in [-0.05, 0) is 31.2 Å². The maximum Gasteiger partial charge on any atom is 0.272 e. The molecule has 2 aromatic carbocycles. The minimum absolute atomic E-state index is 0.0565. The van der Waals surface area contributed by atoms with Crippen molar-refractivity contribution in [1.82, 2.24) is 0 Å². The quantitative estimate of drug-likeness (QED) is 0.449. The van der Waals surface area contributed by atoms with Gasteiger partial charge in [0.25, 0.3) is 5.69 Å². The third-order valence-electron chi connectivity index (χ3n) is 2.77. The van der Waals surface area contributed by atoms with E-state index in [1.807, 2.05) is 0 Å². The average molecular weight is 312 g/mol. The molecule has 0 spiro atoms. The van der Waals surface area contributed by atoms with E-state index < -0.39 is 4.92 Å². The number of benzene rings is 2. The van der Waals surface area contributed by atoms with Crippen molar-refractivity contribution in [3.63, 3.8) is 0 Å². The third kappa shape index (κ3) is 3.21. The molecule has 0 bridgehead atoms. The number of alkyl halides is 1. The second-order valence-corrected chi connectivity index (χ2v) is 4.90. The summed E-state index contributed by atoms with van der Waals surface area (Å²) in [4.78, 5) is 10.3. The van der Waals surface area contributed by atoms with E-state index in [4.69, 9.17) is 27.9 Å². The lowest BCUT2D eigenvalue weighted by atomic mass is 10.2. The van der Waals surface area contributed by atoms with Crippen molar-refractivity contribution >= 4 is 28.9 Å². The minimum Gasteiger partial charge on any atom is -0.457 e. The zero-order chi connectivity index (χ0) is 14.7. The van der Waals surface area contributed by atoms with Crippen LogP contribution in [-0.4, -0.2) is 4.92 Å². The predicted octanol–water partition coefficient (Wildman–Crippen LogP) is 5.09. The molecule has 20 heavy (non-hydrogen) atoms. The maximum absolute atomic E-state index is 10.8. The van der Waals surface area contributed by atoms with Gasteiger partial charge in [-0.2, -0.15) is 0 Å². The fourth-order valence-corrected chi connectivity index (χ4v) is 2.14. The molecule has 0 aromatic heterocycles. The summed E-state index contributed by atoms with van der Waals surface area (Å²) in [5.74, 6) is 1.33. The Bertz CT molecular complexity index is 659. The SMILES string of the molecule is Cc1cc(Oc2cc(Cl)ccc2CCl)ccc1[N+](=O)[O-]. The normalized spacial score (nSPS) is 10.3. The highest BCUT2D eigenvalue weighted by Gasteiger charge is 2.12. The van der Waals surface area contributed by atoms with Crippen molar-refractivity contribution in [2.75, 3.05) is 0 Å². The van der Waals surface area contributed by atoms with Gasteiger partial charge in [-0.25, -0.2) is 0 Å². The Labute approximate surface area is 126 Å². The van der Waals surface area contributed by atoms with Crippen LogP contribution in [0.3, 0.4) is 0 Å². The van der Waals surface area contributed by atoms with Crippen LogP contribution >= 0.6 is 23.2 Å². The third-order valence-corrected chi connectivity index (χ3v) is 3.29. The molecule has 2 aromatic rings. The van der Waals surface area contributed by atoms with Crippen LogP contribution in [0.1, 0.15) is 11.1 Å². The lowest BCUT2D eigenvalue weighted by Crippen LogP contribution is -1.94. The van der Waals surface area contributed by atoms with Crippen LogP contribution in [0.4, 0.5) is 5.69 Å². The van der Waals surface area contributed by atoms with Gasteiger partial charge in [-0.3, -0.25) is 10.1 Å². The molecule has 0 N–H and O–H groups in total. The van der Waals surface area contributed by atoms with E-state index in [1.165, 1.54) is 6.07 Å². The van der Waals surface area contributed by atoms with Gasteiger partial charge in [-0.1, -0.05) is 17.7 Å². The fourth-order valence-electron chi connectivity index (χ4n) is 1.76. The highest BCUT2D eigenvalue weighted by Crippen LogP contribution is 2.31. The summed E-state index contributed by atoms with van der Waals surface area (Å²) in [7, 11) is 0. The van der Waals surface area contributed by atoms with Crippen molar-refractivity contribution in [2.24, 2.45) is 0 Å². The van der Waals surface area contributed by atoms with E-state index >= 15 is 0 Å². The molecule has 0 radical (unpaired) electrons. The monoisotopic (exact) mass is 311 g/mol. The Balaban J connectivity index is 2.33. The van der Waals surface area contributed by atoms with E-state index in [1.54, 1.807) is 37.3 Å². The topological polar surface area (TPSA) is 52.4 Å². The van der Waals surface area contributed by atoms with Gasteiger partial charge in [0.15, 0.2) is 0 Å².